The van der Waals surface area contributed by atoms with Gasteiger partial charge in [0.15, 0.2) is 0 Å². The molecule has 0 saturated heterocycles. The number of rotatable bonds is 6. The number of aromatic amines is 1. The van der Waals surface area contributed by atoms with Crippen LogP contribution < -0.4 is 10.9 Å². The molecular weight excluding hydrogens is 246 g/mol. The van der Waals surface area contributed by atoms with Gasteiger partial charge in [-0.2, -0.15) is 0 Å². The van der Waals surface area contributed by atoms with Crippen LogP contribution in [0, 0.1) is 0 Å². The van der Waals surface area contributed by atoms with Gasteiger partial charge in [-0.25, -0.2) is 4.98 Å². The molecule has 0 aliphatic heterocycles. The Balaban J connectivity index is 2.59. The number of nitrogens with one attached hydrogen (secondary N) is 2. The summed E-state index contributed by atoms with van der Waals surface area (Å²) in [6.45, 7) is 10.1. The molecule has 0 aliphatic rings. The van der Waals surface area contributed by atoms with E-state index in [1.54, 1.807) is 18.0 Å². The molecule has 18 heavy (non-hydrogen) atoms. The summed E-state index contributed by atoms with van der Waals surface area (Å²) in [7, 11) is 0. The third kappa shape index (κ3) is 5.69. The van der Waals surface area contributed by atoms with Crippen LogP contribution in [0.1, 0.15) is 45.5 Å². The summed E-state index contributed by atoms with van der Waals surface area (Å²) >= 11 is 1.77. The predicted molar refractivity (Wildman–Crippen MR) is 77.9 cm³/mol. The van der Waals surface area contributed by atoms with Crippen molar-refractivity contribution in [3.63, 3.8) is 0 Å². The van der Waals surface area contributed by atoms with Crippen molar-refractivity contribution in [2.24, 2.45) is 0 Å². The van der Waals surface area contributed by atoms with Crippen LogP contribution in [0.4, 0.5) is 0 Å². The Hall–Kier alpha value is -0.810. The maximum absolute atomic E-state index is 11.8. The molecule has 0 atom stereocenters. The smallest absolute Gasteiger partial charge is 0.255 e. The average Bonchev–Trinajstić information content (AvgIpc) is 2.28. The van der Waals surface area contributed by atoms with Crippen LogP contribution in [0.15, 0.2) is 11.0 Å². The minimum atomic E-state index is -0.0295. The second-order valence-electron chi connectivity index (χ2n) is 5.26. The zero-order valence-electron chi connectivity index (χ0n) is 11.7. The maximum atomic E-state index is 11.8. The topological polar surface area (TPSA) is 57.8 Å². The van der Waals surface area contributed by atoms with Gasteiger partial charge in [0.25, 0.3) is 5.56 Å². The molecule has 1 heterocycles. The van der Waals surface area contributed by atoms with Crippen molar-refractivity contribution < 1.29 is 0 Å². The molecule has 4 nitrogen and oxygen atoms in total. The van der Waals surface area contributed by atoms with Crippen molar-refractivity contribution in [2.45, 2.75) is 51.2 Å². The highest BCUT2D eigenvalue weighted by Crippen LogP contribution is 2.25. The van der Waals surface area contributed by atoms with Crippen molar-refractivity contribution in [3.05, 3.63) is 27.9 Å². The molecule has 0 aromatic carbocycles. The standard InChI is InChI=1S/C13H23N3OS/c1-5-6-14-7-10-8-15-11(16-12(10)17)9-18-13(2,3)4/h8,14H,5-7,9H2,1-4H3,(H,15,16,17). The van der Waals surface area contributed by atoms with Crippen LogP contribution in [0.5, 0.6) is 0 Å². The Morgan fingerprint density at radius 2 is 2.17 bits per heavy atom. The molecule has 5 heteroatoms. The first kappa shape index (κ1) is 15.2. The van der Waals surface area contributed by atoms with Crippen LogP contribution in [0.3, 0.4) is 0 Å². The number of thioether (sulfide) groups is 1. The minimum Gasteiger partial charge on any atom is -0.312 e. The van der Waals surface area contributed by atoms with Gasteiger partial charge in [0.05, 0.1) is 5.75 Å². The quantitative estimate of drug-likeness (QED) is 0.778. The predicted octanol–water partition coefficient (Wildman–Crippen LogP) is 2.30. The van der Waals surface area contributed by atoms with Crippen LogP contribution in [-0.4, -0.2) is 21.3 Å². The van der Waals surface area contributed by atoms with E-state index in [0.717, 1.165) is 24.5 Å². The van der Waals surface area contributed by atoms with Crippen molar-refractivity contribution in [1.82, 2.24) is 15.3 Å². The summed E-state index contributed by atoms with van der Waals surface area (Å²) in [5.74, 6) is 1.49. The summed E-state index contributed by atoms with van der Waals surface area (Å²) in [5, 5.41) is 3.20. The van der Waals surface area contributed by atoms with Crippen LogP contribution in [0.25, 0.3) is 0 Å². The van der Waals surface area contributed by atoms with E-state index in [-0.39, 0.29) is 10.3 Å². The summed E-state index contributed by atoms with van der Waals surface area (Å²) in [6.07, 6.45) is 2.74. The van der Waals surface area contributed by atoms with E-state index >= 15 is 0 Å². The molecule has 0 amide bonds. The first-order chi connectivity index (χ1) is 8.42. The molecule has 0 radical (unpaired) electrons. The Bertz CT molecular complexity index is 423. The first-order valence-electron chi connectivity index (χ1n) is 6.34. The van der Waals surface area contributed by atoms with Gasteiger partial charge in [-0.1, -0.05) is 27.7 Å². The SMILES string of the molecule is CCCNCc1cnc(CSC(C)(C)C)[nH]c1=O. The summed E-state index contributed by atoms with van der Waals surface area (Å²) in [4.78, 5) is 19.0. The lowest BCUT2D eigenvalue weighted by atomic mass is 10.3. The fourth-order valence-electron chi connectivity index (χ4n) is 1.34. The normalized spacial score (nSPS) is 11.8. The third-order valence-corrected chi connectivity index (χ3v) is 3.59. The van der Waals surface area contributed by atoms with Crippen LogP contribution in [0.2, 0.25) is 0 Å². The van der Waals surface area contributed by atoms with E-state index in [0.29, 0.717) is 12.1 Å². The summed E-state index contributed by atoms with van der Waals surface area (Å²) in [5.41, 5.74) is 0.672. The molecule has 0 spiro atoms. The van der Waals surface area contributed by atoms with Gasteiger partial charge in [0.1, 0.15) is 5.82 Å². The number of aromatic nitrogens is 2. The Morgan fingerprint density at radius 1 is 1.44 bits per heavy atom. The third-order valence-electron chi connectivity index (χ3n) is 2.31. The van der Waals surface area contributed by atoms with Crippen molar-refractivity contribution in [1.29, 1.82) is 0 Å². The zero-order valence-corrected chi connectivity index (χ0v) is 12.5. The molecule has 0 unspecified atom stereocenters. The molecule has 2 N–H and O–H groups in total. The number of hydrogen-bond donors (Lipinski definition) is 2. The minimum absolute atomic E-state index is 0.0295. The van der Waals surface area contributed by atoms with E-state index in [1.807, 2.05) is 0 Å². The molecule has 1 aromatic rings. The van der Waals surface area contributed by atoms with Gasteiger partial charge >= 0.3 is 0 Å². The molecule has 0 fully saturated rings. The fraction of sp³-hybridized carbons (Fsp3) is 0.692. The van der Waals surface area contributed by atoms with Gasteiger partial charge in [-0.3, -0.25) is 4.79 Å². The number of nitrogens with zero attached hydrogens (tertiary/aromatic N) is 1. The van der Waals surface area contributed by atoms with E-state index in [1.165, 1.54) is 0 Å². The number of hydrogen-bond acceptors (Lipinski definition) is 4. The molecule has 1 rings (SSSR count). The Labute approximate surface area is 113 Å². The summed E-state index contributed by atoms with van der Waals surface area (Å²) in [6, 6.07) is 0. The maximum Gasteiger partial charge on any atom is 0.255 e. The lowest BCUT2D eigenvalue weighted by Gasteiger charge is -2.16. The average molecular weight is 269 g/mol. The highest BCUT2D eigenvalue weighted by atomic mass is 32.2. The van der Waals surface area contributed by atoms with Gasteiger partial charge in [-0.15, -0.1) is 11.8 Å². The monoisotopic (exact) mass is 269 g/mol. The highest BCUT2D eigenvalue weighted by Gasteiger charge is 2.11. The van der Waals surface area contributed by atoms with E-state index in [9.17, 15) is 4.79 Å². The second-order valence-corrected chi connectivity index (χ2v) is 7.06. The van der Waals surface area contributed by atoms with E-state index in [4.69, 9.17) is 0 Å². The number of H-pyrrole nitrogens is 1. The van der Waals surface area contributed by atoms with Crippen molar-refractivity contribution >= 4 is 11.8 Å². The zero-order chi connectivity index (χ0) is 13.6. The molecule has 102 valence electrons. The fourth-order valence-corrected chi connectivity index (χ4v) is 2.06. The largest absolute Gasteiger partial charge is 0.312 e. The summed E-state index contributed by atoms with van der Waals surface area (Å²) < 4.78 is 0.180. The lowest BCUT2D eigenvalue weighted by molar-refractivity contribution is 0.667. The van der Waals surface area contributed by atoms with Gasteiger partial charge in [0.2, 0.25) is 0 Å². The van der Waals surface area contributed by atoms with E-state index < -0.39 is 0 Å². The molecule has 0 bridgehead atoms. The molecule has 0 aliphatic carbocycles. The molecular formula is C13H23N3OS. The molecule has 0 saturated carbocycles. The van der Waals surface area contributed by atoms with Crippen LogP contribution >= 0.6 is 11.8 Å². The van der Waals surface area contributed by atoms with E-state index in [2.05, 4.69) is 43.0 Å². The van der Waals surface area contributed by atoms with Gasteiger partial charge in [-0.05, 0) is 13.0 Å². The Kier molecular flexibility index (Phi) is 5.88. The van der Waals surface area contributed by atoms with Gasteiger partial charge in [0, 0.05) is 23.1 Å². The lowest BCUT2D eigenvalue weighted by Crippen LogP contribution is -2.23. The van der Waals surface area contributed by atoms with Crippen molar-refractivity contribution in [3.8, 4) is 0 Å². The second kappa shape index (κ2) is 6.95. The highest BCUT2D eigenvalue weighted by molar-refractivity contribution is 7.99. The van der Waals surface area contributed by atoms with Gasteiger partial charge < -0.3 is 10.3 Å². The Morgan fingerprint density at radius 3 is 2.72 bits per heavy atom. The van der Waals surface area contributed by atoms with Crippen molar-refractivity contribution in [2.75, 3.05) is 6.54 Å². The first-order valence-corrected chi connectivity index (χ1v) is 7.32. The molecule has 1 aromatic heterocycles. The van der Waals surface area contributed by atoms with Crippen LogP contribution in [-0.2, 0) is 12.3 Å².